The summed E-state index contributed by atoms with van der Waals surface area (Å²) in [4.78, 5) is 14.5. The van der Waals surface area contributed by atoms with E-state index in [1.807, 2.05) is 30.3 Å². The van der Waals surface area contributed by atoms with Crippen LogP contribution < -0.4 is 5.73 Å². The van der Waals surface area contributed by atoms with Gasteiger partial charge in [-0.3, -0.25) is 4.79 Å². The summed E-state index contributed by atoms with van der Waals surface area (Å²) in [5.74, 6) is -0.437. The van der Waals surface area contributed by atoms with Gasteiger partial charge in [0.05, 0.1) is 11.1 Å². The molecular formula is C13H9N2O. The normalized spacial score (nSPS) is 11.0. The predicted octanol–water partition coefficient (Wildman–Crippen LogP) is 2.22. The van der Waals surface area contributed by atoms with E-state index < -0.39 is 5.91 Å². The van der Waals surface area contributed by atoms with Gasteiger partial charge >= 0.3 is 0 Å². The van der Waals surface area contributed by atoms with Crippen LogP contribution >= 0.6 is 0 Å². The number of H-pyrrole nitrogens is 1. The van der Waals surface area contributed by atoms with Gasteiger partial charge in [-0.05, 0) is 24.3 Å². The molecule has 0 spiro atoms. The van der Waals surface area contributed by atoms with E-state index in [1.54, 1.807) is 6.07 Å². The number of para-hydroxylation sites is 1. The van der Waals surface area contributed by atoms with E-state index in [4.69, 9.17) is 5.73 Å². The lowest BCUT2D eigenvalue weighted by Gasteiger charge is -1.96. The van der Waals surface area contributed by atoms with E-state index in [0.29, 0.717) is 5.56 Å². The van der Waals surface area contributed by atoms with Gasteiger partial charge in [0.1, 0.15) is 0 Å². The highest BCUT2D eigenvalue weighted by molar-refractivity contribution is 6.14. The van der Waals surface area contributed by atoms with E-state index in [9.17, 15) is 4.79 Å². The Balaban J connectivity index is 2.54. The molecule has 0 aliphatic heterocycles. The Morgan fingerprint density at radius 1 is 1.19 bits per heavy atom. The van der Waals surface area contributed by atoms with Crippen LogP contribution in [0, 0.1) is 6.07 Å². The number of carbonyl (C=O) groups excluding carboxylic acids is 1. The number of amides is 1. The molecule has 1 heterocycles. The zero-order chi connectivity index (χ0) is 11.1. The van der Waals surface area contributed by atoms with Gasteiger partial charge in [-0.25, -0.2) is 0 Å². The SMILES string of the molecule is NC(=O)c1c[c]cc2c1[nH]c1ccccc12. The number of rotatable bonds is 1. The number of hydrogen-bond donors (Lipinski definition) is 2. The summed E-state index contributed by atoms with van der Waals surface area (Å²) < 4.78 is 0. The zero-order valence-corrected chi connectivity index (χ0v) is 8.45. The van der Waals surface area contributed by atoms with Crippen LogP contribution in [0.1, 0.15) is 10.4 Å². The van der Waals surface area contributed by atoms with E-state index in [1.165, 1.54) is 0 Å². The van der Waals surface area contributed by atoms with Crippen molar-refractivity contribution in [3.05, 3.63) is 48.0 Å². The first-order chi connectivity index (χ1) is 7.77. The van der Waals surface area contributed by atoms with Crippen LogP contribution in [-0.4, -0.2) is 10.9 Å². The largest absolute Gasteiger partial charge is 0.366 e. The second kappa shape index (κ2) is 3.10. The zero-order valence-electron chi connectivity index (χ0n) is 8.45. The van der Waals surface area contributed by atoms with Crippen LogP contribution in [0.5, 0.6) is 0 Å². The summed E-state index contributed by atoms with van der Waals surface area (Å²) in [6.45, 7) is 0. The number of fused-ring (bicyclic) bond motifs is 3. The van der Waals surface area contributed by atoms with Crippen LogP contribution in [0.4, 0.5) is 0 Å². The molecule has 1 radical (unpaired) electrons. The molecule has 3 heteroatoms. The van der Waals surface area contributed by atoms with Gasteiger partial charge in [-0.1, -0.05) is 18.2 Å². The van der Waals surface area contributed by atoms with Gasteiger partial charge in [0, 0.05) is 16.3 Å². The summed E-state index contributed by atoms with van der Waals surface area (Å²) >= 11 is 0. The Hall–Kier alpha value is -2.29. The third-order valence-corrected chi connectivity index (χ3v) is 2.74. The van der Waals surface area contributed by atoms with E-state index >= 15 is 0 Å². The highest BCUT2D eigenvalue weighted by atomic mass is 16.1. The number of benzene rings is 2. The minimum atomic E-state index is -0.437. The first kappa shape index (κ1) is 8.97. The third-order valence-electron chi connectivity index (χ3n) is 2.74. The maximum absolute atomic E-state index is 11.3. The van der Waals surface area contributed by atoms with E-state index in [-0.39, 0.29) is 0 Å². The summed E-state index contributed by atoms with van der Waals surface area (Å²) in [7, 11) is 0. The fourth-order valence-corrected chi connectivity index (χ4v) is 2.00. The number of carbonyl (C=O) groups is 1. The molecule has 2 aromatic carbocycles. The van der Waals surface area contributed by atoms with E-state index in [2.05, 4.69) is 11.1 Å². The highest BCUT2D eigenvalue weighted by Gasteiger charge is 2.10. The van der Waals surface area contributed by atoms with Crippen molar-refractivity contribution in [2.45, 2.75) is 0 Å². The Morgan fingerprint density at radius 3 is 2.81 bits per heavy atom. The molecule has 16 heavy (non-hydrogen) atoms. The number of primary amides is 1. The lowest BCUT2D eigenvalue weighted by atomic mass is 10.1. The Bertz CT molecular complexity index is 697. The summed E-state index contributed by atoms with van der Waals surface area (Å²) in [5.41, 5.74) is 7.59. The molecule has 0 bridgehead atoms. The van der Waals surface area contributed by atoms with E-state index in [0.717, 1.165) is 21.8 Å². The third kappa shape index (κ3) is 1.11. The van der Waals surface area contributed by atoms with Crippen molar-refractivity contribution < 1.29 is 4.79 Å². The number of aromatic amines is 1. The fraction of sp³-hybridized carbons (Fsp3) is 0. The molecule has 0 aliphatic carbocycles. The van der Waals surface area contributed by atoms with Crippen molar-refractivity contribution in [3.63, 3.8) is 0 Å². The lowest BCUT2D eigenvalue weighted by Crippen LogP contribution is -2.11. The molecule has 0 atom stereocenters. The quantitative estimate of drug-likeness (QED) is 0.634. The number of aromatic nitrogens is 1. The van der Waals surface area contributed by atoms with Gasteiger partial charge in [-0.2, -0.15) is 0 Å². The molecule has 3 nitrogen and oxygen atoms in total. The van der Waals surface area contributed by atoms with Crippen molar-refractivity contribution >= 4 is 27.7 Å². The van der Waals surface area contributed by atoms with Gasteiger partial charge in [0.15, 0.2) is 0 Å². The fourth-order valence-electron chi connectivity index (χ4n) is 2.00. The van der Waals surface area contributed by atoms with Crippen molar-refractivity contribution in [2.24, 2.45) is 5.73 Å². The average molecular weight is 209 g/mol. The predicted molar refractivity (Wildman–Crippen MR) is 63.2 cm³/mol. The maximum Gasteiger partial charge on any atom is 0.250 e. The number of hydrogen-bond acceptors (Lipinski definition) is 1. The Kier molecular flexibility index (Phi) is 1.74. The molecule has 1 amide bonds. The van der Waals surface area contributed by atoms with Gasteiger partial charge in [0.2, 0.25) is 0 Å². The van der Waals surface area contributed by atoms with Gasteiger partial charge in [0.25, 0.3) is 5.91 Å². The molecular weight excluding hydrogens is 200 g/mol. The second-order valence-corrected chi connectivity index (χ2v) is 3.69. The lowest BCUT2D eigenvalue weighted by molar-refractivity contribution is 0.100. The van der Waals surface area contributed by atoms with Crippen molar-refractivity contribution in [2.75, 3.05) is 0 Å². The molecule has 0 unspecified atom stereocenters. The molecule has 0 saturated carbocycles. The summed E-state index contributed by atoms with van der Waals surface area (Å²) in [6, 6.07) is 14.3. The molecule has 1 aromatic heterocycles. The Morgan fingerprint density at radius 2 is 2.00 bits per heavy atom. The molecule has 0 aliphatic rings. The minimum absolute atomic E-state index is 0.437. The van der Waals surface area contributed by atoms with Crippen LogP contribution in [0.3, 0.4) is 0 Å². The van der Waals surface area contributed by atoms with Crippen LogP contribution in [0.2, 0.25) is 0 Å². The molecule has 0 saturated heterocycles. The first-order valence-corrected chi connectivity index (χ1v) is 4.97. The number of nitrogens with one attached hydrogen (secondary N) is 1. The van der Waals surface area contributed by atoms with Crippen molar-refractivity contribution in [1.82, 2.24) is 4.98 Å². The summed E-state index contributed by atoms with van der Waals surface area (Å²) in [5, 5.41) is 2.06. The highest BCUT2D eigenvalue weighted by Crippen LogP contribution is 2.26. The topological polar surface area (TPSA) is 58.9 Å². The Labute approximate surface area is 91.9 Å². The van der Waals surface area contributed by atoms with Gasteiger partial charge < -0.3 is 10.7 Å². The van der Waals surface area contributed by atoms with Crippen LogP contribution in [-0.2, 0) is 0 Å². The number of nitrogens with two attached hydrogens (primary N) is 1. The maximum atomic E-state index is 11.3. The first-order valence-electron chi connectivity index (χ1n) is 4.97. The smallest absolute Gasteiger partial charge is 0.250 e. The molecule has 77 valence electrons. The van der Waals surface area contributed by atoms with Crippen molar-refractivity contribution in [3.8, 4) is 0 Å². The molecule has 3 N–H and O–H groups in total. The van der Waals surface area contributed by atoms with Gasteiger partial charge in [-0.15, -0.1) is 0 Å². The standard InChI is InChI=1S/C13H9N2O/c14-13(16)10-6-3-5-9-8-4-1-2-7-11(8)15-12(9)10/h1-2,4-7,15H,(H2,14,16). The van der Waals surface area contributed by atoms with Crippen molar-refractivity contribution in [1.29, 1.82) is 0 Å². The monoisotopic (exact) mass is 209 g/mol. The molecule has 3 rings (SSSR count). The average Bonchev–Trinajstić information content (AvgIpc) is 2.67. The molecule has 0 fully saturated rings. The van der Waals surface area contributed by atoms with Crippen LogP contribution in [0.15, 0.2) is 36.4 Å². The minimum Gasteiger partial charge on any atom is -0.366 e. The molecule has 3 aromatic rings. The summed E-state index contributed by atoms with van der Waals surface area (Å²) in [6.07, 6.45) is 0. The van der Waals surface area contributed by atoms with Crippen LogP contribution in [0.25, 0.3) is 21.8 Å². The second-order valence-electron chi connectivity index (χ2n) is 3.69.